The minimum Gasteiger partial charge on any atom is -0.362 e. The summed E-state index contributed by atoms with van der Waals surface area (Å²) in [5.41, 5.74) is 0. The molecule has 0 atom stereocenters. The van der Waals surface area contributed by atoms with Gasteiger partial charge in [0.15, 0.2) is 0 Å². The Balaban J connectivity index is 4.76. The van der Waals surface area contributed by atoms with E-state index in [0.717, 1.165) is 0 Å². The smallest absolute Gasteiger partial charge is 0.362 e. The van der Waals surface area contributed by atoms with Crippen LogP contribution in [0.4, 0.5) is 8.78 Å². The van der Waals surface area contributed by atoms with E-state index in [2.05, 4.69) is 0 Å². The highest BCUT2D eigenvalue weighted by atomic mass is 32.2. The van der Waals surface area contributed by atoms with E-state index in [1.165, 1.54) is 0 Å². The number of aliphatic hydroxyl groups is 2. The lowest BCUT2D eigenvalue weighted by Crippen LogP contribution is -2.40. The van der Waals surface area contributed by atoms with Crippen LogP contribution in [0, 0.1) is 0 Å². The molecule has 5 nitrogen and oxygen atoms in total. The molecular weight excluding hydrogens is 174 g/mol. The van der Waals surface area contributed by atoms with Crippen molar-refractivity contribution in [3.8, 4) is 0 Å². The van der Waals surface area contributed by atoms with Crippen molar-refractivity contribution in [2.75, 3.05) is 0 Å². The van der Waals surface area contributed by atoms with E-state index in [4.69, 9.17) is 14.8 Å². The first-order chi connectivity index (χ1) is 4.19. The molecule has 8 heteroatoms. The maximum atomic E-state index is 11.7. The molecule has 0 saturated carbocycles. The molecule has 0 rings (SSSR count). The molecule has 0 aromatic rings. The third-order valence-electron chi connectivity index (χ3n) is 0.645. The Morgan fingerprint density at radius 2 is 1.60 bits per heavy atom. The molecule has 0 fully saturated rings. The van der Waals surface area contributed by atoms with Crippen molar-refractivity contribution in [3.63, 3.8) is 0 Å². The lowest BCUT2D eigenvalue weighted by Gasteiger charge is -2.13. The predicted molar refractivity (Wildman–Crippen MR) is 24.7 cm³/mol. The fraction of sp³-hybridized carbons (Fsp3) is 1.00. The van der Waals surface area contributed by atoms with Crippen molar-refractivity contribution >= 4 is 10.1 Å². The van der Waals surface area contributed by atoms with Crippen molar-refractivity contribution in [1.29, 1.82) is 0 Å². The highest BCUT2D eigenvalue weighted by molar-refractivity contribution is 7.86. The van der Waals surface area contributed by atoms with E-state index in [0.29, 0.717) is 0 Å². The van der Waals surface area contributed by atoms with E-state index in [1.807, 2.05) is 0 Å². The van der Waals surface area contributed by atoms with Crippen molar-refractivity contribution < 1.29 is 32.0 Å². The van der Waals surface area contributed by atoms with Crippen LogP contribution in [0.2, 0.25) is 0 Å². The Morgan fingerprint density at radius 1 is 1.30 bits per heavy atom. The number of hydrogen-bond acceptors (Lipinski definition) is 4. The largest absolute Gasteiger partial charge is 0.418 e. The van der Waals surface area contributed by atoms with Gasteiger partial charge in [-0.05, 0) is 0 Å². The van der Waals surface area contributed by atoms with Gasteiger partial charge >= 0.3 is 15.4 Å². The van der Waals surface area contributed by atoms with Gasteiger partial charge in [-0.1, -0.05) is 0 Å². The molecule has 0 aliphatic heterocycles. The summed E-state index contributed by atoms with van der Waals surface area (Å²) in [6.07, 6.45) is -3.41. The van der Waals surface area contributed by atoms with Gasteiger partial charge in [-0.25, -0.2) is 0 Å². The van der Waals surface area contributed by atoms with Crippen LogP contribution in [0.5, 0.6) is 0 Å². The van der Waals surface area contributed by atoms with Crippen LogP contribution < -0.4 is 0 Å². The van der Waals surface area contributed by atoms with Gasteiger partial charge < -0.3 is 10.2 Å². The Bertz CT molecular complexity index is 206. The topological polar surface area (TPSA) is 94.8 Å². The fourth-order valence-electron chi connectivity index (χ4n) is 0.133. The third-order valence-corrected chi connectivity index (χ3v) is 1.54. The molecule has 0 aromatic carbocycles. The summed E-state index contributed by atoms with van der Waals surface area (Å²) >= 11 is 0. The van der Waals surface area contributed by atoms with Crippen molar-refractivity contribution in [1.82, 2.24) is 0 Å². The number of alkyl halides is 2. The molecule has 0 amide bonds. The SMILES string of the molecule is O=S(=O)(O)C(F)(F)C(O)O. The minimum absolute atomic E-state index is 3.41. The Kier molecular flexibility index (Phi) is 2.31. The van der Waals surface area contributed by atoms with Gasteiger partial charge in [0.25, 0.3) is 0 Å². The second kappa shape index (κ2) is 2.38. The van der Waals surface area contributed by atoms with Crippen molar-refractivity contribution in [2.24, 2.45) is 0 Å². The normalized spacial score (nSPS) is 14.2. The van der Waals surface area contributed by atoms with E-state index in [9.17, 15) is 17.2 Å². The third kappa shape index (κ3) is 1.59. The van der Waals surface area contributed by atoms with Gasteiger partial charge in [0.05, 0.1) is 0 Å². The van der Waals surface area contributed by atoms with Gasteiger partial charge in [0, 0.05) is 0 Å². The standard InChI is InChI=1S/C2H4F2O5S/c3-2(4,1(5)6)10(7,8)9/h1,5-6H,(H,7,8,9). The minimum atomic E-state index is -5.73. The molecule has 62 valence electrons. The summed E-state index contributed by atoms with van der Waals surface area (Å²) in [6, 6.07) is 0. The molecule has 10 heavy (non-hydrogen) atoms. The zero-order valence-corrected chi connectivity index (χ0v) is 5.22. The molecule has 0 heterocycles. The van der Waals surface area contributed by atoms with Crippen molar-refractivity contribution in [3.05, 3.63) is 0 Å². The lowest BCUT2D eigenvalue weighted by atomic mass is 10.7. The first-order valence-corrected chi connectivity index (χ1v) is 3.34. The number of hydrogen-bond donors (Lipinski definition) is 3. The van der Waals surface area contributed by atoms with Crippen LogP contribution in [-0.4, -0.2) is 34.7 Å². The Labute approximate surface area is 54.7 Å². The molecule has 0 aromatic heterocycles. The fourth-order valence-corrected chi connectivity index (χ4v) is 0.400. The quantitative estimate of drug-likeness (QED) is 0.364. The van der Waals surface area contributed by atoms with E-state index < -0.39 is 21.7 Å². The van der Waals surface area contributed by atoms with Crippen molar-refractivity contribution in [2.45, 2.75) is 11.5 Å². The maximum absolute atomic E-state index is 11.7. The highest BCUT2D eigenvalue weighted by Gasteiger charge is 2.50. The Morgan fingerprint density at radius 3 is 1.60 bits per heavy atom. The van der Waals surface area contributed by atoms with Gasteiger partial charge in [-0.3, -0.25) is 4.55 Å². The monoisotopic (exact) mass is 178 g/mol. The highest BCUT2D eigenvalue weighted by Crippen LogP contribution is 2.22. The summed E-state index contributed by atoms with van der Waals surface area (Å²) in [5, 5.41) is 10.4. The zero-order valence-electron chi connectivity index (χ0n) is 4.40. The number of aliphatic hydroxyl groups excluding tert-OH is 1. The van der Waals surface area contributed by atoms with E-state index in [-0.39, 0.29) is 0 Å². The second-order valence-corrected chi connectivity index (χ2v) is 2.90. The maximum Gasteiger partial charge on any atom is 0.418 e. The predicted octanol–water partition coefficient (Wildman–Crippen LogP) is -1.22. The molecule has 0 bridgehead atoms. The van der Waals surface area contributed by atoms with Gasteiger partial charge in [0.2, 0.25) is 6.29 Å². The lowest BCUT2D eigenvalue weighted by molar-refractivity contribution is -0.165. The molecule has 0 radical (unpaired) electrons. The molecule has 0 saturated heterocycles. The van der Waals surface area contributed by atoms with E-state index in [1.54, 1.807) is 0 Å². The van der Waals surface area contributed by atoms with Crippen LogP contribution in [0.15, 0.2) is 0 Å². The Hall–Kier alpha value is -0.310. The summed E-state index contributed by atoms with van der Waals surface area (Å²) in [6.45, 7) is 0. The van der Waals surface area contributed by atoms with Gasteiger partial charge in [-0.15, -0.1) is 0 Å². The van der Waals surface area contributed by atoms with Gasteiger partial charge in [0.1, 0.15) is 0 Å². The van der Waals surface area contributed by atoms with Gasteiger partial charge in [-0.2, -0.15) is 17.2 Å². The number of rotatable bonds is 2. The number of halogens is 2. The second-order valence-electron chi connectivity index (χ2n) is 1.41. The average Bonchev–Trinajstić information content (AvgIpc) is 1.62. The molecule has 0 aliphatic carbocycles. The first-order valence-electron chi connectivity index (χ1n) is 1.90. The first kappa shape index (κ1) is 9.69. The summed E-state index contributed by atoms with van der Waals surface area (Å²) in [7, 11) is -5.73. The van der Waals surface area contributed by atoms with Crippen LogP contribution in [0.3, 0.4) is 0 Å². The summed E-state index contributed by atoms with van der Waals surface area (Å²) in [5.74, 6) is 0. The summed E-state index contributed by atoms with van der Waals surface area (Å²) < 4.78 is 50.2. The molecule has 0 spiro atoms. The zero-order chi connectivity index (χ0) is 8.58. The van der Waals surface area contributed by atoms with Crippen LogP contribution in [-0.2, 0) is 10.1 Å². The molecule has 0 unspecified atom stereocenters. The van der Waals surface area contributed by atoms with Crippen LogP contribution in [0.25, 0.3) is 0 Å². The molecule has 0 aliphatic rings. The summed E-state index contributed by atoms with van der Waals surface area (Å²) in [4.78, 5) is 0. The van der Waals surface area contributed by atoms with E-state index >= 15 is 0 Å². The van der Waals surface area contributed by atoms with Crippen LogP contribution in [0.1, 0.15) is 0 Å². The molecule has 3 N–H and O–H groups in total. The molecular formula is C2H4F2O5S. The van der Waals surface area contributed by atoms with Crippen LogP contribution >= 0.6 is 0 Å². The average molecular weight is 178 g/mol.